The fraction of sp³-hybridized carbons (Fsp3) is 0.261. The molecule has 0 unspecified atom stereocenters. The molecule has 0 radical (unpaired) electrons. The summed E-state index contributed by atoms with van der Waals surface area (Å²) in [4.78, 5) is 42.3. The Kier molecular flexibility index (Phi) is 5.41. The first-order chi connectivity index (χ1) is 15.9. The van der Waals surface area contributed by atoms with Crippen molar-refractivity contribution < 1.29 is 14.0 Å². The van der Waals surface area contributed by atoms with Crippen LogP contribution in [-0.2, 0) is 26.2 Å². The third kappa shape index (κ3) is 3.89. The first kappa shape index (κ1) is 21.3. The molecule has 2 aliphatic heterocycles. The molecule has 0 aliphatic carbocycles. The smallest absolute Gasteiger partial charge is 0.329 e. The molecular weight excluding hydrogens is 449 g/mol. The lowest BCUT2D eigenvalue weighted by Gasteiger charge is -2.31. The van der Waals surface area contributed by atoms with Crippen LogP contribution in [0, 0.1) is 5.82 Å². The quantitative estimate of drug-likeness (QED) is 0.640. The molecule has 3 heterocycles. The minimum atomic E-state index is -0.573. The van der Waals surface area contributed by atoms with E-state index >= 15 is 0 Å². The lowest BCUT2D eigenvalue weighted by atomic mass is 10.1. The minimum Gasteiger partial charge on any atom is -0.331 e. The fourth-order valence-corrected chi connectivity index (χ4v) is 4.52. The monoisotopic (exact) mass is 469 g/mol. The molecule has 33 heavy (non-hydrogen) atoms. The van der Waals surface area contributed by atoms with E-state index in [9.17, 15) is 18.8 Å². The predicted molar refractivity (Wildman–Crippen MR) is 121 cm³/mol. The molecular formula is C23H21ClFN5O3. The van der Waals surface area contributed by atoms with Crippen LogP contribution in [0.1, 0.15) is 21.7 Å². The van der Waals surface area contributed by atoms with Gasteiger partial charge in [-0.3, -0.25) is 13.9 Å². The molecule has 8 nitrogen and oxygen atoms in total. The number of fused-ring (bicyclic) bond motifs is 3. The molecule has 1 aromatic heterocycles. The van der Waals surface area contributed by atoms with E-state index in [1.165, 1.54) is 27.7 Å². The Hall–Kier alpha value is -3.59. The molecule has 10 heteroatoms. The van der Waals surface area contributed by atoms with E-state index in [1.807, 2.05) is 30.3 Å². The molecule has 2 aliphatic rings. The van der Waals surface area contributed by atoms with Gasteiger partial charge in [-0.05, 0) is 23.8 Å². The average molecular weight is 470 g/mol. The zero-order valence-electron chi connectivity index (χ0n) is 17.6. The van der Waals surface area contributed by atoms with Crippen LogP contribution in [0.2, 0.25) is 5.02 Å². The Balaban J connectivity index is 1.38. The largest absolute Gasteiger partial charge is 0.331 e. The van der Waals surface area contributed by atoms with Gasteiger partial charge in [0.1, 0.15) is 11.5 Å². The van der Waals surface area contributed by atoms with Crippen molar-refractivity contribution >= 4 is 29.2 Å². The molecule has 1 N–H and O–H groups in total. The highest BCUT2D eigenvalue weighted by atomic mass is 35.5. The molecule has 0 saturated heterocycles. The predicted octanol–water partition coefficient (Wildman–Crippen LogP) is 3.15. The molecule has 3 amide bonds. The number of benzene rings is 2. The van der Waals surface area contributed by atoms with Crippen molar-refractivity contribution in [3.63, 3.8) is 0 Å². The van der Waals surface area contributed by atoms with Gasteiger partial charge < -0.3 is 15.1 Å². The maximum Gasteiger partial charge on any atom is 0.329 e. The van der Waals surface area contributed by atoms with Gasteiger partial charge in [0.2, 0.25) is 0 Å². The topological polar surface area (TPSA) is 79.6 Å². The van der Waals surface area contributed by atoms with Crippen LogP contribution in [-0.4, -0.2) is 44.0 Å². The van der Waals surface area contributed by atoms with Crippen LogP contribution in [0.4, 0.5) is 14.9 Å². The lowest BCUT2D eigenvalue weighted by Crippen LogP contribution is -2.43. The maximum atomic E-state index is 13.4. The second-order valence-electron chi connectivity index (χ2n) is 8.07. The summed E-state index contributed by atoms with van der Waals surface area (Å²) in [7, 11) is 0. The summed E-state index contributed by atoms with van der Waals surface area (Å²) in [5, 5.41) is 2.60. The lowest BCUT2D eigenvalue weighted by molar-refractivity contribution is 0.0686. The minimum absolute atomic E-state index is 0.0918. The molecule has 5 rings (SSSR count). The van der Waals surface area contributed by atoms with Gasteiger partial charge in [-0.2, -0.15) is 0 Å². The number of rotatable bonds is 3. The highest BCUT2D eigenvalue weighted by molar-refractivity contribution is 6.31. The standard InChI is InChI=1S/C23H21ClFN5O3/c24-17-12-16(6-7-18(17)25)26-22(32)28-9-10-29-19(14-28)20-21(31)27(8-11-30(20)23(29)33)13-15-4-2-1-3-5-15/h1-7,12H,8-11,13-14H2,(H,26,32). The summed E-state index contributed by atoms with van der Waals surface area (Å²) in [6, 6.07) is 13.2. The van der Waals surface area contributed by atoms with Gasteiger partial charge in [-0.1, -0.05) is 41.9 Å². The Labute approximate surface area is 193 Å². The number of anilines is 1. The van der Waals surface area contributed by atoms with Crippen LogP contribution >= 0.6 is 11.6 Å². The Morgan fingerprint density at radius 1 is 1.00 bits per heavy atom. The molecule has 0 atom stereocenters. The van der Waals surface area contributed by atoms with Crippen molar-refractivity contribution in [3.8, 4) is 0 Å². The second kappa shape index (κ2) is 8.40. The third-order valence-corrected chi connectivity index (χ3v) is 6.31. The van der Waals surface area contributed by atoms with Crippen molar-refractivity contribution in [2.75, 3.05) is 18.4 Å². The highest BCUT2D eigenvalue weighted by Crippen LogP contribution is 2.24. The van der Waals surface area contributed by atoms with Gasteiger partial charge in [-0.25, -0.2) is 14.0 Å². The van der Waals surface area contributed by atoms with E-state index in [0.29, 0.717) is 43.3 Å². The summed E-state index contributed by atoms with van der Waals surface area (Å²) in [6.07, 6.45) is 0. The van der Waals surface area contributed by atoms with Crippen molar-refractivity contribution in [1.82, 2.24) is 18.9 Å². The number of nitrogens with one attached hydrogen (secondary N) is 1. The number of amides is 3. The zero-order valence-corrected chi connectivity index (χ0v) is 18.4. The van der Waals surface area contributed by atoms with Crippen molar-refractivity contribution in [2.24, 2.45) is 0 Å². The molecule has 170 valence electrons. The van der Waals surface area contributed by atoms with Gasteiger partial charge in [0.25, 0.3) is 5.91 Å². The molecule has 0 spiro atoms. The van der Waals surface area contributed by atoms with Crippen LogP contribution in [0.5, 0.6) is 0 Å². The number of carbonyl (C=O) groups is 2. The molecule has 0 bridgehead atoms. The van der Waals surface area contributed by atoms with Crippen LogP contribution < -0.4 is 11.0 Å². The SMILES string of the molecule is O=C(Nc1ccc(F)c(Cl)c1)N1CCn2c(c3n(c2=O)CCN(Cc2ccccc2)C3=O)C1. The number of urea groups is 1. The summed E-state index contributed by atoms with van der Waals surface area (Å²) < 4.78 is 16.5. The van der Waals surface area contributed by atoms with Gasteiger partial charge in [0.05, 0.1) is 17.3 Å². The van der Waals surface area contributed by atoms with Gasteiger partial charge >= 0.3 is 11.7 Å². The number of imidazole rings is 1. The van der Waals surface area contributed by atoms with Gasteiger partial charge in [0.15, 0.2) is 0 Å². The number of aromatic nitrogens is 2. The van der Waals surface area contributed by atoms with Crippen molar-refractivity contribution in [2.45, 2.75) is 26.2 Å². The van der Waals surface area contributed by atoms with Crippen molar-refractivity contribution in [3.05, 3.63) is 86.8 Å². The van der Waals surface area contributed by atoms with Crippen molar-refractivity contribution in [1.29, 1.82) is 0 Å². The van der Waals surface area contributed by atoms with Gasteiger partial charge in [-0.15, -0.1) is 0 Å². The van der Waals surface area contributed by atoms with E-state index in [0.717, 1.165) is 5.56 Å². The molecule has 3 aromatic rings. The first-order valence-electron chi connectivity index (χ1n) is 10.6. The maximum absolute atomic E-state index is 13.4. The highest BCUT2D eigenvalue weighted by Gasteiger charge is 2.35. The van der Waals surface area contributed by atoms with E-state index in [-0.39, 0.29) is 29.7 Å². The fourth-order valence-electron chi connectivity index (χ4n) is 4.33. The second-order valence-corrected chi connectivity index (χ2v) is 8.48. The number of nitrogens with zero attached hydrogens (tertiary/aromatic N) is 4. The number of hydrogen-bond donors (Lipinski definition) is 1. The number of hydrogen-bond acceptors (Lipinski definition) is 3. The molecule has 2 aromatic carbocycles. The van der Waals surface area contributed by atoms with E-state index < -0.39 is 11.8 Å². The van der Waals surface area contributed by atoms with E-state index in [4.69, 9.17) is 11.6 Å². The first-order valence-corrected chi connectivity index (χ1v) is 11.0. The molecule has 0 fully saturated rings. The summed E-state index contributed by atoms with van der Waals surface area (Å²) >= 11 is 5.80. The number of halogens is 2. The van der Waals surface area contributed by atoms with Crippen LogP contribution in [0.15, 0.2) is 53.3 Å². The van der Waals surface area contributed by atoms with Crippen LogP contribution in [0.3, 0.4) is 0 Å². The van der Waals surface area contributed by atoms with E-state index in [2.05, 4.69) is 5.32 Å². The Morgan fingerprint density at radius 2 is 1.76 bits per heavy atom. The normalized spacial score (nSPS) is 15.3. The Bertz CT molecular complexity index is 1300. The Morgan fingerprint density at radius 3 is 2.52 bits per heavy atom. The number of carbonyl (C=O) groups excluding carboxylic acids is 2. The van der Waals surface area contributed by atoms with Gasteiger partial charge in [0, 0.05) is 38.4 Å². The third-order valence-electron chi connectivity index (χ3n) is 6.02. The zero-order chi connectivity index (χ0) is 23.1. The average Bonchev–Trinajstić information content (AvgIpc) is 3.11. The summed E-state index contributed by atoms with van der Waals surface area (Å²) in [5.74, 6) is -0.792. The summed E-state index contributed by atoms with van der Waals surface area (Å²) in [6.45, 7) is 2.01. The van der Waals surface area contributed by atoms with Crippen LogP contribution in [0.25, 0.3) is 0 Å². The molecule has 0 saturated carbocycles. The summed E-state index contributed by atoms with van der Waals surface area (Å²) in [5.41, 5.74) is 2.01. The van der Waals surface area contributed by atoms with E-state index in [1.54, 1.807) is 9.47 Å².